The van der Waals surface area contributed by atoms with Crippen molar-refractivity contribution in [2.45, 2.75) is 12.5 Å². The van der Waals surface area contributed by atoms with Crippen molar-refractivity contribution >= 4 is 17.6 Å². The van der Waals surface area contributed by atoms with E-state index in [-0.39, 0.29) is 24.0 Å². The molecule has 4 heteroatoms. The Morgan fingerprint density at radius 3 is 3.12 bits per heavy atom. The summed E-state index contributed by atoms with van der Waals surface area (Å²) in [5.41, 5.74) is 3.12. The Morgan fingerprint density at radius 2 is 2.29 bits per heavy atom. The number of hydrogen-bond donors (Lipinski definition) is 0. The average Bonchev–Trinajstić information content (AvgIpc) is 2.87. The highest BCUT2D eigenvalue weighted by Crippen LogP contribution is 2.41. The van der Waals surface area contributed by atoms with E-state index in [9.17, 15) is 4.79 Å². The summed E-state index contributed by atoms with van der Waals surface area (Å²) in [5, 5.41) is 12.3. The number of carbonyl (C=O) groups excluding carboxylic acids is 1. The van der Waals surface area contributed by atoms with Crippen LogP contribution < -0.4 is 0 Å². The van der Waals surface area contributed by atoms with Crippen LogP contribution in [0.25, 0.3) is 6.08 Å². The van der Waals surface area contributed by atoms with E-state index in [4.69, 9.17) is 10.1 Å². The number of oxime groups is 1. The van der Waals surface area contributed by atoms with Gasteiger partial charge in [-0.2, -0.15) is 5.26 Å². The van der Waals surface area contributed by atoms with Gasteiger partial charge in [0.15, 0.2) is 17.6 Å². The third-order valence-electron chi connectivity index (χ3n) is 2.90. The third-order valence-corrected chi connectivity index (χ3v) is 2.90. The predicted molar refractivity (Wildman–Crippen MR) is 60.9 cm³/mol. The lowest BCUT2D eigenvalue weighted by Gasteiger charge is -2.05. The fourth-order valence-electron chi connectivity index (χ4n) is 2.12. The lowest BCUT2D eigenvalue weighted by atomic mass is 10.0. The van der Waals surface area contributed by atoms with Gasteiger partial charge in [0.05, 0.1) is 6.07 Å². The quantitative estimate of drug-likeness (QED) is 0.771. The van der Waals surface area contributed by atoms with E-state index in [0.29, 0.717) is 0 Å². The molecule has 0 saturated carbocycles. The van der Waals surface area contributed by atoms with Gasteiger partial charge >= 0.3 is 0 Å². The molecule has 0 amide bonds. The molecule has 1 aromatic rings. The number of nitrogens with zero attached hydrogens (tertiary/aromatic N) is 2. The van der Waals surface area contributed by atoms with Crippen molar-refractivity contribution < 1.29 is 9.63 Å². The first-order chi connectivity index (χ1) is 8.31. The molecule has 1 atom stereocenters. The summed E-state index contributed by atoms with van der Waals surface area (Å²) in [5.74, 6) is -0.283. The molecule has 0 spiro atoms. The van der Waals surface area contributed by atoms with Crippen LogP contribution >= 0.6 is 0 Å². The molecule has 1 unspecified atom stereocenters. The van der Waals surface area contributed by atoms with Gasteiger partial charge in [0.2, 0.25) is 0 Å². The van der Waals surface area contributed by atoms with Crippen molar-refractivity contribution in [2.75, 3.05) is 0 Å². The third kappa shape index (κ3) is 1.36. The van der Waals surface area contributed by atoms with Crippen molar-refractivity contribution in [3.63, 3.8) is 0 Å². The molecule has 1 heterocycles. The summed E-state index contributed by atoms with van der Waals surface area (Å²) in [6.45, 7) is 0. The van der Waals surface area contributed by atoms with Gasteiger partial charge in [-0.1, -0.05) is 29.4 Å². The first-order valence-electron chi connectivity index (χ1n) is 5.26. The smallest absolute Gasteiger partial charge is 0.199 e. The number of benzene rings is 1. The lowest BCUT2D eigenvalue weighted by Crippen LogP contribution is -2.13. The van der Waals surface area contributed by atoms with E-state index in [1.807, 2.05) is 36.4 Å². The van der Waals surface area contributed by atoms with E-state index in [1.165, 1.54) is 0 Å². The number of rotatable bonds is 2. The predicted octanol–water partition coefficient (Wildman–Crippen LogP) is 1.99. The number of ketones is 1. The molecule has 0 aromatic heterocycles. The van der Waals surface area contributed by atoms with E-state index in [1.54, 1.807) is 0 Å². The van der Waals surface area contributed by atoms with Crippen molar-refractivity contribution in [1.29, 1.82) is 5.26 Å². The van der Waals surface area contributed by atoms with E-state index in [0.717, 1.165) is 16.7 Å². The van der Waals surface area contributed by atoms with Crippen LogP contribution in [-0.2, 0) is 9.63 Å². The number of carbonyl (C=O) groups is 1. The molecule has 17 heavy (non-hydrogen) atoms. The number of fused-ring (bicyclic) bond motifs is 3. The summed E-state index contributed by atoms with van der Waals surface area (Å²) in [7, 11) is 0. The standard InChI is InChI=1S/C13H8N2O2/c14-6-5-11(16)12-10-7-8-3-1-2-4-9(8)13(10)17-15-12/h1-4,7,13H,5H2. The van der Waals surface area contributed by atoms with Crippen molar-refractivity contribution in [3.05, 3.63) is 41.0 Å². The van der Waals surface area contributed by atoms with Gasteiger partial charge in [-0.05, 0) is 11.6 Å². The molecule has 2 aliphatic rings. The first-order valence-corrected chi connectivity index (χ1v) is 5.26. The maximum absolute atomic E-state index is 11.7. The van der Waals surface area contributed by atoms with Gasteiger partial charge in [-0.3, -0.25) is 4.79 Å². The Kier molecular flexibility index (Phi) is 2.05. The summed E-state index contributed by atoms with van der Waals surface area (Å²) < 4.78 is 0. The largest absolute Gasteiger partial charge is 0.382 e. The van der Waals surface area contributed by atoms with Crippen LogP contribution in [0, 0.1) is 11.3 Å². The van der Waals surface area contributed by atoms with Gasteiger partial charge < -0.3 is 4.84 Å². The van der Waals surface area contributed by atoms with Crippen molar-refractivity contribution in [2.24, 2.45) is 5.16 Å². The highest BCUT2D eigenvalue weighted by atomic mass is 16.6. The molecule has 0 fully saturated rings. The molecule has 4 nitrogen and oxygen atoms in total. The minimum Gasteiger partial charge on any atom is -0.382 e. The molecular formula is C13H8N2O2. The highest BCUT2D eigenvalue weighted by Gasteiger charge is 2.37. The fraction of sp³-hybridized carbons (Fsp3) is 0.154. The average molecular weight is 224 g/mol. The summed E-state index contributed by atoms with van der Waals surface area (Å²) in [4.78, 5) is 16.9. The van der Waals surface area contributed by atoms with Crippen LogP contribution in [0.3, 0.4) is 0 Å². The summed E-state index contributed by atoms with van der Waals surface area (Å²) in [6, 6.07) is 9.62. The second-order valence-electron chi connectivity index (χ2n) is 3.91. The Labute approximate surface area is 97.8 Å². The van der Waals surface area contributed by atoms with Gasteiger partial charge in [0.25, 0.3) is 0 Å². The molecule has 82 valence electrons. The maximum atomic E-state index is 11.7. The SMILES string of the molecule is N#CCC(=O)C1=NOC2C1=Cc1ccccc12. The minimum absolute atomic E-state index is 0.164. The Balaban J connectivity index is 1.98. The fourth-order valence-corrected chi connectivity index (χ4v) is 2.12. The molecule has 1 aliphatic heterocycles. The molecule has 0 bridgehead atoms. The second kappa shape index (κ2) is 3.56. The highest BCUT2D eigenvalue weighted by molar-refractivity contribution is 6.48. The minimum atomic E-state index is -0.283. The first kappa shape index (κ1) is 9.79. The van der Waals surface area contributed by atoms with Crippen LogP contribution in [0.4, 0.5) is 0 Å². The number of hydrogen-bond acceptors (Lipinski definition) is 4. The molecular weight excluding hydrogens is 216 g/mol. The molecule has 0 saturated heterocycles. The van der Waals surface area contributed by atoms with Gasteiger partial charge in [-0.25, -0.2) is 0 Å². The molecule has 0 radical (unpaired) electrons. The normalized spacial score (nSPS) is 19.6. The Bertz CT molecular complexity index is 608. The number of nitriles is 1. The van der Waals surface area contributed by atoms with Gasteiger partial charge in [0, 0.05) is 11.1 Å². The Morgan fingerprint density at radius 1 is 1.47 bits per heavy atom. The molecule has 3 rings (SSSR count). The number of Topliss-reactive ketones (excluding diaryl/α,β-unsaturated/α-hetero) is 1. The van der Waals surface area contributed by atoms with E-state index >= 15 is 0 Å². The lowest BCUT2D eigenvalue weighted by molar-refractivity contribution is -0.112. The van der Waals surface area contributed by atoms with Gasteiger partial charge in [0.1, 0.15) is 6.42 Å². The summed E-state index contributed by atoms with van der Waals surface area (Å²) >= 11 is 0. The van der Waals surface area contributed by atoms with E-state index in [2.05, 4.69) is 5.16 Å². The van der Waals surface area contributed by atoms with Crippen LogP contribution in [-0.4, -0.2) is 11.5 Å². The topological polar surface area (TPSA) is 62.5 Å². The zero-order valence-corrected chi connectivity index (χ0v) is 8.88. The molecule has 1 aliphatic carbocycles. The summed E-state index contributed by atoms with van der Waals surface area (Å²) in [6.07, 6.45) is 1.47. The zero-order valence-electron chi connectivity index (χ0n) is 8.88. The zero-order chi connectivity index (χ0) is 11.8. The maximum Gasteiger partial charge on any atom is 0.199 e. The van der Waals surface area contributed by atoms with E-state index < -0.39 is 0 Å². The second-order valence-corrected chi connectivity index (χ2v) is 3.91. The van der Waals surface area contributed by atoms with Crippen LogP contribution in [0.15, 0.2) is 35.0 Å². The molecule has 0 N–H and O–H groups in total. The van der Waals surface area contributed by atoms with Gasteiger partial charge in [-0.15, -0.1) is 0 Å². The molecule has 1 aromatic carbocycles. The van der Waals surface area contributed by atoms with Crippen LogP contribution in [0.2, 0.25) is 0 Å². The van der Waals surface area contributed by atoms with Crippen molar-refractivity contribution in [3.8, 4) is 6.07 Å². The van der Waals surface area contributed by atoms with Crippen LogP contribution in [0.5, 0.6) is 0 Å². The van der Waals surface area contributed by atoms with Crippen LogP contribution in [0.1, 0.15) is 23.7 Å². The monoisotopic (exact) mass is 224 g/mol. The Hall–Kier alpha value is -2.41. The van der Waals surface area contributed by atoms with Crippen molar-refractivity contribution in [1.82, 2.24) is 0 Å².